The Labute approximate surface area is 116 Å². The van der Waals surface area contributed by atoms with Gasteiger partial charge in [-0.25, -0.2) is 4.39 Å². The Morgan fingerprint density at radius 2 is 2.00 bits per heavy atom. The standard InChI is InChI=1S/C16H25FN2/c1-5-12-10-18-15(16(2,3)4)11-19(12)14-9-7-6-8-13(14)17/h6-9,12,15,18H,5,10-11H2,1-4H3. The number of hydrogen-bond donors (Lipinski definition) is 1. The van der Waals surface area contributed by atoms with Crippen molar-refractivity contribution in [3.63, 3.8) is 0 Å². The minimum Gasteiger partial charge on any atom is -0.363 e. The van der Waals surface area contributed by atoms with Crippen LogP contribution in [-0.2, 0) is 0 Å². The minimum absolute atomic E-state index is 0.115. The predicted octanol–water partition coefficient (Wildman–Crippen LogP) is 3.43. The lowest BCUT2D eigenvalue weighted by atomic mass is 9.84. The van der Waals surface area contributed by atoms with Gasteiger partial charge in [-0.15, -0.1) is 0 Å². The number of nitrogens with zero attached hydrogens (tertiary/aromatic N) is 1. The fraction of sp³-hybridized carbons (Fsp3) is 0.625. The van der Waals surface area contributed by atoms with Crippen LogP contribution in [0, 0.1) is 11.2 Å². The number of benzene rings is 1. The van der Waals surface area contributed by atoms with Gasteiger partial charge in [0.25, 0.3) is 0 Å². The van der Waals surface area contributed by atoms with Crippen molar-refractivity contribution in [1.82, 2.24) is 5.32 Å². The van der Waals surface area contributed by atoms with Crippen LogP contribution in [0.2, 0.25) is 0 Å². The molecule has 106 valence electrons. The van der Waals surface area contributed by atoms with Crippen LogP contribution in [0.1, 0.15) is 34.1 Å². The van der Waals surface area contributed by atoms with E-state index in [1.165, 1.54) is 0 Å². The van der Waals surface area contributed by atoms with Gasteiger partial charge in [-0.1, -0.05) is 39.8 Å². The van der Waals surface area contributed by atoms with E-state index < -0.39 is 0 Å². The maximum atomic E-state index is 14.0. The number of rotatable bonds is 2. The van der Waals surface area contributed by atoms with Crippen LogP contribution in [-0.4, -0.2) is 25.2 Å². The largest absolute Gasteiger partial charge is 0.363 e. The van der Waals surface area contributed by atoms with E-state index in [2.05, 4.69) is 37.9 Å². The maximum Gasteiger partial charge on any atom is 0.146 e. The summed E-state index contributed by atoms with van der Waals surface area (Å²) in [6.45, 7) is 10.6. The quantitative estimate of drug-likeness (QED) is 0.880. The molecule has 2 atom stereocenters. The molecular formula is C16H25FN2. The van der Waals surface area contributed by atoms with Gasteiger partial charge in [0, 0.05) is 25.2 Å². The molecule has 0 bridgehead atoms. The minimum atomic E-state index is -0.115. The van der Waals surface area contributed by atoms with Gasteiger partial charge in [0.1, 0.15) is 5.82 Å². The molecule has 1 fully saturated rings. The summed E-state index contributed by atoms with van der Waals surface area (Å²) in [6, 6.07) is 7.87. The zero-order chi connectivity index (χ0) is 14.0. The molecule has 2 unspecified atom stereocenters. The molecule has 0 aromatic heterocycles. The van der Waals surface area contributed by atoms with Gasteiger partial charge in [0.05, 0.1) is 5.69 Å². The molecule has 0 amide bonds. The maximum absolute atomic E-state index is 14.0. The van der Waals surface area contributed by atoms with Crippen molar-refractivity contribution in [3.8, 4) is 0 Å². The van der Waals surface area contributed by atoms with Gasteiger partial charge < -0.3 is 10.2 Å². The first-order valence-electron chi connectivity index (χ1n) is 7.18. The third-order valence-electron chi connectivity index (χ3n) is 4.10. The van der Waals surface area contributed by atoms with Crippen LogP contribution in [0.3, 0.4) is 0 Å². The highest BCUT2D eigenvalue weighted by atomic mass is 19.1. The van der Waals surface area contributed by atoms with E-state index in [4.69, 9.17) is 0 Å². The summed E-state index contributed by atoms with van der Waals surface area (Å²) in [6.07, 6.45) is 1.03. The molecule has 19 heavy (non-hydrogen) atoms. The Bertz CT molecular complexity index is 425. The fourth-order valence-electron chi connectivity index (χ4n) is 2.72. The Morgan fingerprint density at radius 1 is 1.32 bits per heavy atom. The van der Waals surface area contributed by atoms with Crippen LogP contribution >= 0.6 is 0 Å². The van der Waals surface area contributed by atoms with Crippen molar-refractivity contribution in [2.45, 2.75) is 46.2 Å². The van der Waals surface area contributed by atoms with Gasteiger partial charge >= 0.3 is 0 Å². The van der Waals surface area contributed by atoms with E-state index in [1.807, 2.05) is 12.1 Å². The summed E-state index contributed by atoms with van der Waals surface area (Å²) < 4.78 is 14.0. The lowest BCUT2D eigenvalue weighted by Crippen LogP contribution is -2.60. The number of para-hydroxylation sites is 1. The summed E-state index contributed by atoms with van der Waals surface area (Å²) in [7, 11) is 0. The normalized spacial score (nSPS) is 24.6. The number of halogens is 1. The Balaban J connectivity index is 2.26. The zero-order valence-electron chi connectivity index (χ0n) is 12.4. The molecule has 3 heteroatoms. The number of anilines is 1. The van der Waals surface area contributed by atoms with Crippen molar-refractivity contribution in [2.75, 3.05) is 18.0 Å². The van der Waals surface area contributed by atoms with Crippen LogP contribution < -0.4 is 10.2 Å². The van der Waals surface area contributed by atoms with Crippen LogP contribution in [0.5, 0.6) is 0 Å². The second-order valence-corrected chi connectivity index (χ2v) is 6.49. The summed E-state index contributed by atoms with van der Waals surface area (Å²) in [5.41, 5.74) is 0.924. The number of hydrogen-bond acceptors (Lipinski definition) is 2. The van der Waals surface area contributed by atoms with Crippen molar-refractivity contribution in [2.24, 2.45) is 5.41 Å². The van der Waals surface area contributed by atoms with Gasteiger partial charge in [0.15, 0.2) is 0 Å². The van der Waals surface area contributed by atoms with Gasteiger partial charge in [-0.05, 0) is 24.0 Å². The second kappa shape index (κ2) is 5.49. The lowest BCUT2D eigenvalue weighted by Gasteiger charge is -2.46. The molecule has 0 saturated carbocycles. The Hall–Kier alpha value is -1.09. The zero-order valence-corrected chi connectivity index (χ0v) is 12.4. The van der Waals surface area contributed by atoms with Gasteiger partial charge in [-0.3, -0.25) is 0 Å². The first kappa shape index (κ1) is 14.3. The highest BCUT2D eigenvalue weighted by molar-refractivity contribution is 5.49. The SMILES string of the molecule is CCC1CNC(C(C)(C)C)CN1c1ccccc1F. The van der Waals surface area contributed by atoms with E-state index >= 15 is 0 Å². The monoisotopic (exact) mass is 264 g/mol. The van der Waals surface area contributed by atoms with Crippen molar-refractivity contribution in [3.05, 3.63) is 30.1 Å². The first-order chi connectivity index (χ1) is 8.93. The highest BCUT2D eigenvalue weighted by Crippen LogP contribution is 2.29. The van der Waals surface area contributed by atoms with Crippen molar-refractivity contribution < 1.29 is 4.39 Å². The third kappa shape index (κ3) is 3.08. The first-order valence-corrected chi connectivity index (χ1v) is 7.18. The van der Waals surface area contributed by atoms with E-state index in [-0.39, 0.29) is 11.2 Å². The molecule has 0 radical (unpaired) electrons. The van der Waals surface area contributed by atoms with Crippen LogP contribution in [0.15, 0.2) is 24.3 Å². The third-order valence-corrected chi connectivity index (χ3v) is 4.10. The number of piperazine rings is 1. The molecule has 1 N–H and O–H groups in total. The molecule has 2 rings (SSSR count). The molecule has 0 aliphatic carbocycles. The molecule has 0 spiro atoms. The van der Waals surface area contributed by atoms with Crippen molar-refractivity contribution >= 4 is 5.69 Å². The average Bonchev–Trinajstić information content (AvgIpc) is 2.37. The number of nitrogens with one attached hydrogen (secondary N) is 1. The van der Waals surface area contributed by atoms with E-state index in [0.717, 1.165) is 25.2 Å². The molecule has 1 aliphatic rings. The summed E-state index contributed by atoms with van der Waals surface area (Å²) in [4.78, 5) is 2.24. The highest BCUT2D eigenvalue weighted by Gasteiger charge is 2.34. The topological polar surface area (TPSA) is 15.3 Å². The molecule has 1 saturated heterocycles. The molecule has 2 nitrogen and oxygen atoms in total. The second-order valence-electron chi connectivity index (χ2n) is 6.49. The lowest BCUT2D eigenvalue weighted by molar-refractivity contribution is 0.233. The summed E-state index contributed by atoms with van der Waals surface area (Å²) in [5, 5.41) is 3.62. The van der Waals surface area contributed by atoms with Crippen LogP contribution in [0.4, 0.5) is 10.1 Å². The van der Waals surface area contributed by atoms with E-state index in [0.29, 0.717) is 12.1 Å². The smallest absolute Gasteiger partial charge is 0.146 e. The molecule has 1 aromatic carbocycles. The van der Waals surface area contributed by atoms with E-state index in [1.54, 1.807) is 12.1 Å². The molecular weight excluding hydrogens is 239 g/mol. The Morgan fingerprint density at radius 3 is 2.58 bits per heavy atom. The molecule has 1 aliphatic heterocycles. The van der Waals surface area contributed by atoms with E-state index in [9.17, 15) is 4.39 Å². The predicted molar refractivity (Wildman–Crippen MR) is 79.1 cm³/mol. The van der Waals surface area contributed by atoms with Crippen LogP contribution in [0.25, 0.3) is 0 Å². The molecule has 1 heterocycles. The van der Waals surface area contributed by atoms with Crippen molar-refractivity contribution in [1.29, 1.82) is 0 Å². The fourth-order valence-corrected chi connectivity index (χ4v) is 2.72. The summed E-state index contributed by atoms with van der Waals surface area (Å²) in [5.74, 6) is -0.115. The summed E-state index contributed by atoms with van der Waals surface area (Å²) >= 11 is 0. The molecule has 1 aromatic rings. The average molecular weight is 264 g/mol. The van der Waals surface area contributed by atoms with Gasteiger partial charge in [0.2, 0.25) is 0 Å². The van der Waals surface area contributed by atoms with Gasteiger partial charge in [-0.2, -0.15) is 0 Å². The Kier molecular flexibility index (Phi) is 4.14.